The summed E-state index contributed by atoms with van der Waals surface area (Å²) in [5.41, 5.74) is 0.165. The molecule has 0 radical (unpaired) electrons. The fourth-order valence-electron chi connectivity index (χ4n) is 1.63. The normalized spacial score (nSPS) is 15.2. The van der Waals surface area contributed by atoms with Crippen LogP contribution in [0.5, 0.6) is 0 Å². The van der Waals surface area contributed by atoms with Crippen molar-refractivity contribution in [1.82, 2.24) is 4.72 Å². The molecule has 22 heavy (non-hydrogen) atoms. The lowest BCUT2D eigenvalue weighted by Gasteiger charge is -2.31. The van der Waals surface area contributed by atoms with Crippen LogP contribution in [0.3, 0.4) is 0 Å². The molecule has 1 unspecified atom stereocenters. The van der Waals surface area contributed by atoms with E-state index >= 15 is 0 Å². The molecule has 0 saturated heterocycles. The Hall–Kier alpha value is -1.18. The molecule has 4 nitrogen and oxygen atoms in total. The van der Waals surface area contributed by atoms with Crippen molar-refractivity contribution in [3.63, 3.8) is 0 Å². The lowest BCUT2D eigenvalue weighted by atomic mass is 10.0. The number of carbonyl (C=O) groups is 1. The maximum absolute atomic E-state index is 14.4. The number of esters is 1. The van der Waals surface area contributed by atoms with Crippen molar-refractivity contribution < 1.29 is 22.9 Å². The van der Waals surface area contributed by atoms with E-state index in [0.717, 1.165) is 0 Å². The average Bonchev–Trinajstić information content (AvgIpc) is 2.44. The van der Waals surface area contributed by atoms with Crippen molar-refractivity contribution in [2.24, 2.45) is 0 Å². The molecule has 124 valence electrons. The minimum Gasteiger partial charge on any atom is -0.598 e. The monoisotopic (exact) mass is 333 g/mol. The first kappa shape index (κ1) is 18.9. The van der Waals surface area contributed by atoms with Crippen LogP contribution in [-0.2, 0) is 20.9 Å². The van der Waals surface area contributed by atoms with Gasteiger partial charge in [0.25, 0.3) is 0 Å². The zero-order valence-electron chi connectivity index (χ0n) is 13.1. The zero-order chi connectivity index (χ0) is 17.0. The van der Waals surface area contributed by atoms with Crippen LogP contribution in [-0.4, -0.2) is 27.8 Å². The van der Waals surface area contributed by atoms with Gasteiger partial charge in [-0.3, -0.25) is 0 Å². The molecule has 0 saturated carbocycles. The summed E-state index contributed by atoms with van der Waals surface area (Å²) in [6, 6.07) is 5.99. The molecule has 1 rings (SSSR count). The van der Waals surface area contributed by atoms with Crippen LogP contribution >= 0.6 is 0 Å². The fourth-order valence-corrected chi connectivity index (χ4v) is 2.48. The van der Waals surface area contributed by atoms with Crippen LogP contribution < -0.4 is 4.72 Å². The van der Waals surface area contributed by atoms with Gasteiger partial charge >= 0.3 is 11.9 Å². The van der Waals surface area contributed by atoms with Gasteiger partial charge in [0.1, 0.15) is 4.75 Å². The Kier molecular flexibility index (Phi) is 6.34. The lowest BCUT2D eigenvalue weighted by molar-refractivity contribution is -0.175. The van der Waals surface area contributed by atoms with Crippen LogP contribution in [0.1, 0.15) is 39.3 Å². The molecule has 0 aliphatic rings. The number of benzene rings is 1. The third-order valence-corrected chi connectivity index (χ3v) is 4.39. The molecule has 0 aliphatic heterocycles. The first-order valence-electron chi connectivity index (χ1n) is 6.88. The van der Waals surface area contributed by atoms with Crippen molar-refractivity contribution in [2.45, 2.75) is 44.4 Å². The molecule has 0 aromatic heterocycles. The smallest absolute Gasteiger partial charge is 0.379 e. The van der Waals surface area contributed by atoms with Crippen LogP contribution in [0.2, 0.25) is 0 Å². The number of rotatable bonds is 6. The molecular formula is C15H21F2NO3S. The van der Waals surface area contributed by atoms with Gasteiger partial charge < -0.3 is 9.29 Å². The highest BCUT2D eigenvalue weighted by Crippen LogP contribution is 2.34. The number of nitrogens with one attached hydrogen (secondary N) is 1. The second-order valence-electron chi connectivity index (χ2n) is 5.69. The van der Waals surface area contributed by atoms with E-state index in [9.17, 15) is 18.1 Å². The van der Waals surface area contributed by atoms with E-state index in [2.05, 4.69) is 9.46 Å². The maximum Gasteiger partial charge on any atom is 0.379 e. The third kappa shape index (κ3) is 4.66. The van der Waals surface area contributed by atoms with Crippen LogP contribution in [0.25, 0.3) is 0 Å². The summed E-state index contributed by atoms with van der Waals surface area (Å²) in [4.78, 5) is 11.6. The summed E-state index contributed by atoms with van der Waals surface area (Å²) in [7, 11) is 0. The molecule has 0 heterocycles. The minimum absolute atomic E-state index is 0.154. The average molecular weight is 333 g/mol. The third-order valence-electron chi connectivity index (χ3n) is 2.82. The number of halogens is 2. The van der Waals surface area contributed by atoms with Gasteiger partial charge in [-0.25, -0.2) is 4.79 Å². The number of hydrogen-bond acceptors (Lipinski definition) is 4. The molecule has 1 N–H and O–H groups in total. The second-order valence-corrected chi connectivity index (χ2v) is 7.68. The number of carbonyl (C=O) groups excluding carboxylic acids is 1. The molecule has 0 spiro atoms. The number of alkyl halides is 2. The van der Waals surface area contributed by atoms with Crippen molar-refractivity contribution in [2.75, 3.05) is 6.61 Å². The van der Waals surface area contributed by atoms with Gasteiger partial charge in [-0.2, -0.15) is 8.78 Å². The molecule has 2 atom stereocenters. The summed E-state index contributed by atoms with van der Waals surface area (Å²) in [6.45, 7) is 6.26. The van der Waals surface area contributed by atoms with Gasteiger partial charge in [0.05, 0.1) is 6.61 Å². The van der Waals surface area contributed by atoms with Crippen molar-refractivity contribution in [3.8, 4) is 0 Å². The zero-order valence-corrected chi connectivity index (χ0v) is 13.9. The SMILES string of the molecule is CCOC(=O)C(F)(F)[C@@H](N[S+]([O-])C(C)(C)C)c1ccccc1. The highest BCUT2D eigenvalue weighted by atomic mass is 32.2. The summed E-state index contributed by atoms with van der Waals surface area (Å²) in [5, 5.41) is 0. The quantitative estimate of drug-likeness (QED) is 0.642. The van der Waals surface area contributed by atoms with E-state index in [0.29, 0.717) is 0 Å². The lowest BCUT2D eigenvalue weighted by Crippen LogP contribution is -2.50. The highest BCUT2D eigenvalue weighted by Gasteiger charge is 2.52. The van der Waals surface area contributed by atoms with Crippen molar-refractivity contribution >= 4 is 17.3 Å². The molecule has 0 bridgehead atoms. The molecule has 1 aromatic carbocycles. The van der Waals surface area contributed by atoms with E-state index in [-0.39, 0.29) is 12.2 Å². The predicted octanol–water partition coefficient (Wildman–Crippen LogP) is 2.98. The Morgan fingerprint density at radius 1 is 1.32 bits per heavy atom. The van der Waals surface area contributed by atoms with E-state index in [1.54, 1.807) is 39.0 Å². The summed E-state index contributed by atoms with van der Waals surface area (Å²) >= 11 is -1.77. The summed E-state index contributed by atoms with van der Waals surface area (Å²) in [5.74, 6) is -5.47. The van der Waals surface area contributed by atoms with E-state index in [1.807, 2.05) is 0 Å². The van der Waals surface area contributed by atoms with Gasteiger partial charge in [-0.05, 0) is 33.3 Å². The molecule has 7 heteroatoms. The fraction of sp³-hybridized carbons (Fsp3) is 0.533. The van der Waals surface area contributed by atoms with Gasteiger partial charge in [-0.1, -0.05) is 30.3 Å². The van der Waals surface area contributed by atoms with E-state index in [1.165, 1.54) is 19.1 Å². The Morgan fingerprint density at radius 2 is 1.86 bits per heavy atom. The standard InChI is InChI=1S/C15H21F2NO3S/c1-5-21-13(19)15(16,17)12(11-9-7-6-8-10-11)18-22(20)14(2,3)4/h6-10,12,18H,5H2,1-4H3/t12-,22?/m0/s1. The first-order valence-corrected chi connectivity index (χ1v) is 8.03. The topological polar surface area (TPSA) is 61.4 Å². The number of ether oxygens (including phenoxy) is 1. The molecule has 0 amide bonds. The Morgan fingerprint density at radius 3 is 2.32 bits per heavy atom. The highest BCUT2D eigenvalue weighted by molar-refractivity contribution is 7.90. The largest absolute Gasteiger partial charge is 0.598 e. The minimum atomic E-state index is -3.84. The van der Waals surface area contributed by atoms with Crippen LogP contribution in [0.4, 0.5) is 8.78 Å². The Balaban J connectivity index is 3.15. The van der Waals surface area contributed by atoms with Gasteiger partial charge in [0.15, 0.2) is 6.04 Å². The molecule has 1 aromatic rings. The predicted molar refractivity (Wildman–Crippen MR) is 81.8 cm³/mol. The van der Waals surface area contributed by atoms with Crippen molar-refractivity contribution in [3.05, 3.63) is 35.9 Å². The Bertz CT molecular complexity index is 491. The molecular weight excluding hydrogens is 312 g/mol. The van der Waals surface area contributed by atoms with Gasteiger partial charge in [0, 0.05) is 11.4 Å². The second kappa shape index (κ2) is 7.39. The van der Waals surface area contributed by atoms with Crippen LogP contribution in [0.15, 0.2) is 30.3 Å². The van der Waals surface area contributed by atoms with Gasteiger partial charge in [0.2, 0.25) is 0 Å². The van der Waals surface area contributed by atoms with Crippen molar-refractivity contribution in [1.29, 1.82) is 0 Å². The molecule has 0 aliphatic carbocycles. The van der Waals surface area contributed by atoms with Crippen LogP contribution in [0, 0.1) is 0 Å². The van der Waals surface area contributed by atoms with E-state index < -0.39 is 34.0 Å². The van der Waals surface area contributed by atoms with Gasteiger partial charge in [-0.15, -0.1) is 4.72 Å². The summed E-state index contributed by atoms with van der Waals surface area (Å²) < 4.78 is 47.1. The van der Waals surface area contributed by atoms with E-state index in [4.69, 9.17) is 0 Å². The molecule has 0 fully saturated rings. The number of hydrogen-bond donors (Lipinski definition) is 1. The first-order chi connectivity index (χ1) is 10.1. The Labute approximate surface area is 132 Å². The maximum atomic E-state index is 14.4. The summed E-state index contributed by atoms with van der Waals surface area (Å²) in [6.07, 6.45) is 0.